The largest absolute Gasteiger partial charge is 0.496 e. The number of esters is 2. The van der Waals surface area contributed by atoms with E-state index >= 15 is 0 Å². The van der Waals surface area contributed by atoms with Crippen molar-refractivity contribution >= 4 is 22.9 Å². The van der Waals surface area contributed by atoms with Crippen LogP contribution >= 0.6 is 0 Å². The number of carbonyl (C=O) groups excluding carboxylic acids is 2. The van der Waals surface area contributed by atoms with E-state index in [1.54, 1.807) is 12.1 Å². The van der Waals surface area contributed by atoms with Crippen LogP contribution in [0.15, 0.2) is 80.3 Å². The Labute approximate surface area is 232 Å². The van der Waals surface area contributed by atoms with Crippen LogP contribution in [0, 0.1) is 0 Å². The molecule has 2 heterocycles. The van der Waals surface area contributed by atoms with Gasteiger partial charge in [-0.2, -0.15) is 13.2 Å². The fourth-order valence-corrected chi connectivity index (χ4v) is 4.71. The summed E-state index contributed by atoms with van der Waals surface area (Å²) in [5, 5.41) is 3.43. The molecule has 0 amide bonds. The number of ether oxygens (including phenoxy) is 4. The van der Waals surface area contributed by atoms with Crippen LogP contribution in [0.2, 0.25) is 0 Å². The molecule has 1 unspecified atom stereocenters. The molecule has 0 bridgehead atoms. The van der Waals surface area contributed by atoms with E-state index in [2.05, 4.69) is 5.32 Å². The van der Waals surface area contributed by atoms with Gasteiger partial charge in [-0.05, 0) is 37.6 Å². The molecule has 0 fully saturated rings. The Morgan fingerprint density at radius 1 is 0.951 bits per heavy atom. The number of rotatable bonds is 8. The zero-order chi connectivity index (χ0) is 29.9. The maximum atomic E-state index is 14.0. The molecule has 0 saturated heterocycles. The lowest BCUT2D eigenvalue weighted by molar-refractivity contribution is -0.142. The van der Waals surface area contributed by atoms with E-state index in [0.29, 0.717) is 16.9 Å². The molecule has 3 aromatic rings. The maximum Gasteiger partial charge on any atom is 0.416 e. The average Bonchev–Trinajstić information content (AvgIpc) is 2.93. The molecule has 1 aliphatic heterocycles. The summed E-state index contributed by atoms with van der Waals surface area (Å²) in [6.45, 7) is 2.61. The second kappa shape index (κ2) is 11.8. The number of fused-ring (bicyclic) bond motifs is 1. The number of methoxy groups -OCH3 is 2. The van der Waals surface area contributed by atoms with Gasteiger partial charge >= 0.3 is 23.7 Å². The van der Waals surface area contributed by atoms with Crippen LogP contribution in [0.4, 0.5) is 13.2 Å². The van der Waals surface area contributed by atoms with E-state index < -0.39 is 35.2 Å². The van der Waals surface area contributed by atoms with Crippen molar-refractivity contribution in [3.8, 4) is 11.5 Å². The quantitative estimate of drug-likeness (QED) is 0.230. The summed E-state index contributed by atoms with van der Waals surface area (Å²) >= 11 is 0. The Bertz CT molecular complexity index is 1620. The fourth-order valence-electron chi connectivity index (χ4n) is 4.71. The number of hydrogen-bond donors (Lipinski definition) is 1. The molecular formula is C29H26F3NO8. The Morgan fingerprint density at radius 2 is 1.63 bits per heavy atom. The number of carbonyl (C=O) groups is 2. The van der Waals surface area contributed by atoms with Crippen LogP contribution in [0.5, 0.6) is 11.5 Å². The molecule has 0 spiro atoms. The van der Waals surface area contributed by atoms with Crippen LogP contribution < -0.4 is 20.4 Å². The minimum absolute atomic E-state index is 0.131. The van der Waals surface area contributed by atoms with Gasteiger partial charge in [-0.25, -0.2) is 14.4 Å². The molecule has 1 N–H and O–H groups in total. The molecule has 1 aromatic heterocycles. The van der Waals surface area contributed by atoms with Crippen molar-refractivity contribution in [2.24, 2.45) is 0 Å². The first-order valence-electron chi connectivity index (χ1n) is 12.3. The van der Waals surface area contributed by atoms with Crippen molar-refractivity contribution < 1.29 is 46.1 Å². The standard InChI is InChI=1S/C29H26F3NO8/c1-15-24(27(35)38-4)26(18-7-5-6-8-20(18)29(30,31)32)25(16(2)33-15)28(36)40-12-11-39-17-9-10-19-21(37-3)14-23(34)41-22(19)13-17/h5-10,13-14,26,33H,11-12H2,1-4H3. The average molecular weight is 574 g/mol. The highest BCUT2D eigenvalue weighted by molar-refractivity contribution is 6.00. The first-order valence-corrected chi connectivity index (χ1v) is 12.3. The molecule has 216 valence electrons. The second-order valence-electron chi connectivity index (χ2n) is 8.99. The van der Waals surface area contributed by atoms with Crippen molar-refractivity contribution in [2.45, 2.75) is 25.9 Å². The van der Waals surface area contributed by atoms with E-state index in [-0.39, 0.29) is 46.9 Å². The van der Waals surface area contributed by atoms with E-state index in [9.17, 15) is 27.6 Å². The Morgan fingerprint density at radius 3 is 2.29 bits per heavy atom. The molecule has 12 heteroatoms. The minimum Gasteiger partial charge on any atom is -0.496 e. The van der Waals surface area contributed by atoms with Crippen molar-refractivity contribution in [2.75, 3.05) is 27.4 Å². The van der Waals surface area contributed by atoms with Crippen molar-refractivity contribution in [3.63, 3.8) is 0 Å². The third-order valence-electron chi connectivity index (χ3n) is 6.45. The van der Waals surface area contributed by atoms with Crippen LogP contribution in [-0.2, 0) is 25.2 Å². The van der Waals surface area contributed by atoms with Gasteiger partial charge in [-0.3, -0.25) is 0 Å². The second-order valence-corrected chi connectivity index (χ2v) is 8.99. The van der Waals surface area contributed by atoms with Gasteiger partial charge in [0.15, 0.2) is 0 Å². The third kappa shape index (κ3) is 6.06. The molecule has 1 atom stereocenters. The van der Waals surface area contributed by atoms with Gasteiger partial charge in [-0.1, -0.05) is 18.2 Å². The normalized spacial score (nSPS) is 15.4. The predicted molar refractivity (Wildman–Crippen MR) is 140 cm³/mol. The van der Waals surface area contributed by atoms with Crippen LogP contribution in [0.3, 0.4) is 0 Å². The van der Waals surface area contributed by atoms with Gasteiger partial charge < -0.3 is 28.7 Å². The lowest BCUT2D eigenvalue weighted by atomic mass is 9.78. The monoisotopic (exact) mass is 573 g/mol. The van der Waals surface area contributed by atoms with Crippen LogP contribution in [0.25, 0.3) is 11.0 Å². The minimum atomic E-state index is -4.75. The molecule has 2 aromatic carbocycles. The Balaban J connectivity index is 1.57. The molecule has 0 radical (unpaired) electrons. The topological polar surface area (TPSA) is 113 Å². The summed E-state index contributed by atoms with van der Waals surface area (Å²) < 4.78 is 68.1. The highest BCUT2D eigenvalue weighted by Crippen LogP contribution is 2.44. The van der Waals surface area contributed by atoms with E-state index in [0.717, 1.165) is 13.2 Å². The molecular weight excluding hydrogens is 547 g/mol. The summed E-state index contributed by atoms with van der Waals surface area (Å²) in [7, 11) is 2.52. The summed E-state index contributed by atoms with van der Waals surface area (Å²) in [6, 6.07) is 10.6. The summed E-state index contributed by atoms with van der Waals surface area (Å²) in [5.74, 6) is -2.60. The number of dihydropyridines is 1. The van der Waals surface area contributed by atoms with Crippen LogP contribution in [-0.4, -0.2) is 39.4 Å². The van der Waals surface area contributed by atoms with Gasteiger partial charge in [0.2, 0.25) is 0 Å². The first kappa shape index (κ1) is 29.2. The van der Waals surface area contributed by atoms with Gasteiger partial charge in [-0.15, -0.1) is 0 Å². The lowest BCUT2D eigenvalue weighted by Crippen LogP contribution is -2.33. The van der Waals surface area contributed by atoms with Gasteiger partial charge in [0.25, 0.3) is 0 Å². The highest BCUT2D eigenvalue weighted by atomic mass is 19.4. The zero-order valence-electron chi connectivity index (χ0n) is 22.5. The van der Waals surface area contributed by atoms with Gasteiger partial charge in [0, 0.05) is 17.5 Å². The summed E-state index contributed by atoms with van der Waals surface area (Å²) in [5.41, 5.74) is -1.53. The van der Waals surface area contributed by atoms with Crippen molar-refractivity contribution in [1.82, 2.24) is 5.32 Å². The first-order chi connectivity index (χ1) is 19.5. The molecule has 41 heavy (non-hydrogen) atoms. The molecule has 9 nitrogen and oxygen atoms in total. The van der Waals surface area contributed by atoms with Crippen LogP contribution in [0.1, 0.15) is 30.9 Å². The summed E-state index contributed by atoms with van der Waals surface area (Å²) in [4.78, 5) is 37.8. The maximum absolute atomic E-state index is 14.0. The van der Waals surface area contributed by atoms with Gasteiger partial charge in [0.05, 0.1) is 48.3 Å². The lowest BCUT2D eigenvalue weighted by Gasteiger charge is -2.31. The van der Waals surface area contributed by atoms with Gasteiger partial charge in [0.1, 0.15) is 30.3 Å². The Kier molecular flexibility index (Phi) is 8.41. The fraction of sp³-hybridized carbons (Fsp3) is 0.276. The predicted octanol–water partition coefficient (Wildman–Crippen LogP) is 4.85. The molecule has 1 aliphatic rings. The van der Waals surface area contributed by atoms with Crippen molar-refractivity contribution in [3.05, 3.63) is 92.6 Å². The third-order valence-corrected chi connectivity index (χ3v) is 6.45. The Hall–Kier alpha value is -4.74. The van der Waals surface area contributed by atoms with Crippen molar-refractivity contribution in [1.29, 1.82) is 0 Å². The number of allylic oxidation sites excluding steroid dienone is 2. The molecule has 4 rings (SSSR count). The number of halogens is 3. The summed E-state index contributed by atoms with van der Waals surface area (Å²) in [6.07, 6.45) is -4.75. The number of benzene rings is 2. The number of nitrogens with one attached hydrogen (secondary N) is 1. The van der Waals surface area contributed by atoms with E-state index in [1.807, 2.05) is 0 Å². The smallest absolute Gasteiger partial charge is 0.416 e. The number of alkyl halides is 3. The highest BCUT2D eigenvalue weighted by Gasteiger charge is 2.43. The SMILES string of the molecule is COC(=O)C1=C(C)NC(C)=C(C(=O)OCCOc2ccc3c(OC)cc(=O)oc3c2)C1c1ccccc1C(F)(F)F. The van der Waals surface area contributed by atoms with E-state index in [1.165, 1.54) is 51.3 Å². The molecule has 0 saturated carbocycles. The number of hydrogen-bond acceptors (Lipinski definition) is 9. The van der Waals surface area contributed by atoms with E-state index in [4.69, 9.17) is 23.4 Å². The molecule has 0 aliphatic carbocycles. The zero-order valence-corrected chi connectivity index (χ0v) is 22.5.